The molecule has 0 bridgehead atoms. The van der Waals surface area contributed by atoms with E-state index in [1.54, 1.807) is 7.11 Å². The summed E-state index contributed by atoms with van der Waals surface area (Å²) >= 11 is 1.97. The second kappa shape index (κ2) is 7.41. The Kier molecular flexibility index (Phi) is 5.31. The fourth-order valence-corrected chi connectivity index (χ4v) is 4.23. The highest BCUT2D eigenvalue weighted by atomic mass is 32.2. The zero-order chi connectivity index (χ0) is 14.5. The average molecular weight is 307 g/mol. The molecule has 0 aromatic heterocycles. The van der Waals surface area contributed by atoms with E-state index in [-0.39, 0.29) is 0 Å². The lowest BCUT2D eigenvalue weighted by Crippen LogP contribution is -2.28. The van der Waals surface area contributed by atoms with Crippen molar-refractivity contribution in [2.45, 2.75) is 31.8 Å². The third-order valence-electron chi connectivity index (χ3n) is 4.39. The molecular weight excluding hydrogens is 282 g/mol. The van der Waals surface area contributed by atoms with E-state index in [4.69, 9.17) is 9.47 Å². The van der Waals surface area contributed by atoms with Crippen molar-refractivity contribution in [3.8, 4) is 11.5 Å². The van der Waals surface area contributed by atoms with Crippen LogP contribution in [0.25, 0.3) is 0 Å². The maximum Gasteiger partial charge on any atom is 0.161 e. The van der Waals surface area contributed by atoms with Crippen molar-refractivity contribution < 1.29 is 9.47 Å². The van der Waals surface area contributed by atoms with Crippen LogP contribution in [0.4, 0.5) is 0 Å². The van der Waals surface area contributed by atoms with Crippen LogP contribution in [0.5, 0.6) is 11.5 Å². The van der Waals surface area contributed by atoms with Gasteiger partial charge in [-0.1, -0.05) is 6.07 Å². The molecule has 0 amide bonds. The van der Waals surface area contributed by atoms with Gasteiger partial charge in [0.05, 0.1) is 7.11 Å². The Labute approximate surface area is 131 Å². The van der Waals surface area contributed by atoms with Gasteiger partial charge in [-0.3, -0.25) is 0 Å². The molecule has 116 valence electrons. The Morgan fingerprint density at radius 1 is 1.19 bits per heavy atom. The molecule has 1 aromatic carbocycles. The van der Waals surface area contributed by atoms with Crippen molar-refractivity contribution in [2.24, 2.45) is 5.92 Å². The van der Waals surface area contributed by atoms with Crippen LogP contribution in [0.1, 0.15) is 24.8 Å². The second-order valence-corrected chi connectivity index (χ2v) is 7.14. The molecule has 1 unspecified atom stereocenters. The molecule has 0 aliphatic carbocycles. The molecule has 2 saturated heterocycles. The monoisotopic (exact) mass is 307 g/mol. The van der Waals surface area contributed by atoms with E-state index in [0.29, 0.717) is 6.10 Å². The largest absolute Gasteiger partial charge is 0.493 e. The van der Waals surface area contributed by atoms with E-state index in [1.807, 2.05) is 11.8 Å². The first-order valence-electron chi connectivity index (χ1n) is 7.97. The molecule has 2 aliphatic heterocycles. The Morgan fingerprint density at radius 2 is 2.05 bits per heavy atom. The summed E-state index contributed by atoms with van der Waals surface area (Å²) in [6.45, 7) is 2.31. The van der Waals surface area contributed by atoms with E-state index in [1.165, 1.54) is 24.2 Å². The number of piperidine rings is 1. The molecule has 4 heteroatoms. The Balaban J connectivity index is 1.65. The average Bonchev–Trinajstić information content (AvgIpc) is 3.03. The highest BCUT2D eigenvalue weighted by Crippen LogP contribution is 2.33. The molecule has 0 saturated carbocycles. The van der Waals surface area contributed by atoms with Crippen molar-refractivity contribution in [3.63, 3.8) is 0 Å². The molecule has 3 rings (SSSR count). The lowest BCUT2D eigenvalue weighted by Gasteiger charge is -2.23. The molecule has 2 fully saturated rings. The third kappa shape index (κ3) is 4.07. The van der Waals surface area contributed by atoms with Crippen LogP contribution in [0, 0.1) is 5.92 Å². The molecule has 2 aliphatic rings. The molecule has 1 N–H and O–H groups in total. The van der Waals surface area contributed by atoms with Crippen molar-refractivity contribution in [2.75, 3.05) is 31.7 Å². The number of ether oxygens (including phenoxy) is 2. The van der Waals surface area contributed by atoms with E-state index in [2.05, 4.69) is 23.5 Å². The van der Waals surface area contributed by atoms with Crippen molar-refractivity contribution in [1.82, 2.24) is 5.32 Å². The van der Waals surface area contributed by atoms with Gasteiger partial charge in [0.15, 0.2) is 11.5 Å². The summed E-state index contributed by atoms with van der Waals surface area (Å²) in [6.07, 6.45) is 5.20. The molecule has 1 aromatic rings. The minimum Gasteiger partial charge on any atom is -0.493 e. The van der Waals surface area contributed by atoms with E-state index < -0.39 is 0 Å². The second-order valence-electron chi connectivity index (χ2n) is 5.99. The van der Waals surface area contributed by atoms with Gasteiger partial charge in [-0.2, -0.15) is 11.8 Å². The number of benzene rings is 1. The minimum atomic E-state index is 0.346. The summed E-state index contributed by atoms with van der Waals surface area (Å²) in [7, 11) is 1.74. The summed E-state index contributed by atoms with van der Waals surface area (Å²) in [6, 6.07) is 6.47. The summed E-state index contributed by atoms with van der Waals surface area (Å²) in [5.41, 5.74) is 1.37. The van der Waals surface area contributed by atoms with Gasteiger partial charge < -0.3 is 14.8 Å². The van der Waals surface area contributed by atoms with Gasteiger partial charge in [-0.05, 0) is 68.1 Å². The molecule has 0 radical (unpaired) electrons. The molecule has 3 nitrogen and oxygen atoms in total. The Morgan fingerprint density at radius 3 is 2.76 bits per heavy atom. The van der Waals surface area contributed by atoms with E-state index in [0.717, 1.165) is 49.1 Å². The van der Waals surface area contributed by atoms with Gasteiger partial charge in [0.25, 0.3) is 0 Å². The van der Waals surface area contributed by atoms with Gasteiger partial charge in [-0.15, -0.1) is 0 Å². The summed E-state index contributed by atoms with van der Waals surface area (Å²) in [5.74, 6) is 4.90. The SMILES string of the molecule is COc1cc(CC2CCNCC2)ccc1OC1CCSC1. The summed E-state index contributed by atoms with van der Waals surface area (Å²) in [4.78, 5) is 0. The molecular formula is C17H25NO2S. The first kappa shape index (κ1) is 15.0. The maximum atomic E-state index is 6.09. The Hall–Kier alpha value is -0.870. The number of hydrogen-bond donors (Lipinski definition) is 1. The smallest absolute Gasteiger partial charge is 0.161 e. The van der Waals surface area contributed by atoms with Gasteiger partial charge in [0, 0.05) is 5.75 Å². The number of nitrogens with one attached hydrogen (secondary N) is 1. The van der Waals surface area contributed by atoms with Crippen molar-refractivity contribution >= 4 is 11.8 Å². The zero-order valence-electron chi connectivity index (χ0n) is 12.8. The van der Waals surface area contributed by atoms with Crippen LogP contribution < -0.4 is 14.8 Å². The number of thioether (sulfide) groups is 1. The fraction of sp³-hybridized carbons (Fsp3) is 0.647. The quantitative estimate of drug-likeness (QED) is 0.905. The summed E-state index contributed by atoms with van der Waals surface area (Å²) in [5, 5.41) is 3.43. The van der Waals surface area contributed by atoms with E-state index in [9.17, 15) is 0 Å². The van der Waals surface area contributed by atoms with Gasteiger partial charge >= 0.3 is 0 Å². The number of rotatable bonds is 5. The predicted octanol–water partition coefficient (Wildman–Crippen LogP) is 3.12. The third-order valence-corrected chi connectivity index (χ3v) is 5.52. The van der Waals surface area contributed by atoms with Gasteiger partial charge in [0.1, 0.15) is 6.10 Å². The molecule has 2 heterocycles. The van der Waals surface area contributed by atoms with Crippen molar-refractivity contribution in [1.29, 1.82) is 0 Å². The van der Waals surface area contributed by atoms with Gasteiger partial charge in [0.2, 0.25) is 0 Å². The zero-order valence-corrected chi connectivity index (χ0v) is 13.6. The highest BCUT2D eigenvalue weighted by molar-refractivity contribution is 7.99. The van der Waals surface area contributed by atoms with Crippen LogP contribution in [0.2, 0.25) is 0 Å². The molecule has 1 atom stereocenters. The maximum absolute atomic E-state index is 6.09. The first-order valence-corrected chi connectivity index (χ1v) is 9.12. The normalized spacial score (nSPS) is 23.2. The Bertz CT molecular complexity index is 454. The lowest BCUT2D eigenvalue weighted by atomic mass is 9.91. The fourth-order valence-electron chi connectivity index (χ4n) is 3.14. The number of methoxy groups -OCH3 is 1. The first-order chi connectivity index (χ1) is 10.3. The summed E-state index contributed by atoms with van der Waals surface area (Å²) < 4.78 is 11.6. The van der Waals surface area contributed by atoms with Crippen LogP contribution in [0.15, 0.2) is 18.2 Å². The van der Waals surface area contributed by atoms with Crippen molar-refractivity contribution in [3.05, 3.63) is 23.8 Å². The van der Waals surface area contributed by atoms with Crippen LogP contribution >= 0.6 is 11.8 Å². The standard InChI is InChI=1S/C17H25NO2S/c1-19-17-11-14(10-13-4-7-18-8-5-13)2-3-16(17)20-15-6-9-21-12-15/h2-3,11,13,15,18H,4-10,12H2,1H3. The number of hydrogen-bond acceptors (Lipinski definition) is 4. The lowest BCUT2D eigenvalue weighted by molar-refractivity contribution is 0.218. The predicted molar refractivity (Wildman–Crippen MR) is 88.6 cm³/mol. The topological polar surface area (TPSA) is 30.5 Å². The molecule has 21 heavy (non-hydrogen) atoms. The van der Waals surface area contributed by atoms with Crippen LogP contribution in [-0.4, -0.2) is 37.8 Å². The van der Waals surface area contributed by atoms with Gasteiger partial charge in [-0.25, -0.2) is 0 Å². The van der Waals surface area contributed by atoms with Crippen LogP contribution in [0.3, 0.4) is 0 Å². The van der Waals surface area contributed by atoms with Crippen LogP contribution in [-0.2, 0) is 6.42 Å². The van der Waals surface area contributed by atoms with E-state index >= 15 is 0 Å². The minimum absolute atomic E-state index is 0.346. The highest BCUT2D eigenvalue weighted by Gasteiger charge is 2.19. The molecule has 0 spiro atoms.